The average Bonchev–Trinajstić information content (AvgIpc) is 2.17. The monoisotopic (exact) mass is 202 g/mol. The second-order valence-corrected chi connectivity index (χ2v) is 3.64. The number of esters is 1. The molecule has 0 bridgehead atoms. The fraction of sp³-hybridized carbons (Fsp3) is 0.909. The summed E-state index contributed by atoms with van der Waals surface area (Å²) < 4.78 is 9.99. The Hall–Kier alpha value is -0.570. The van der Waals surface area contributed by atoms with E-state index in [0.29, 0.717) is 12.3 Å². The number of hydrogen-bond acceptors (Lipinski definition) is 3. The first-order valence-corrected chi connectivity index (χ1v) is 5.35. The Labute approximate surface area is 86.8 Å². The Balaban J connectivity index is 3.26. The largest absolute Gasteiger partial charge is 0.469 e. The minimum Gasteiger partial charge on any atom is -0.469 e. The first kappa shape index (κ1) is 13.4. The summed E-state index contributed by atoms with van der Waals surface area (Å²) in [7, 11) is 1.42. The van der Waals surface area contributed by atoms with Gasteiger partial charge in [-0.15, -0.1) is 0 Å². The van der Waals surface area contributed by atoms with E-state index in [1.165, 1.54) is 7.11 Å². The summed E-state index contributed by atoms with van der Waals surface area (Å²) in [6.07, 6.45) is 3.70. The predicted molar refractivity (Wildman–Crippen MR) is 56.1 cm³/mol. The molecule has 0 rings (SSSR count). The summed E-state index contributed by atoms with van der Waals surface area (Å²) >= 11 is 0. The number of rotatable bonds is 8. The van der Waals surface area contributed by atoms with E-state index in [9.17, 15) is 4.79 Å². The molecule has 3 nitrogen and oxygen atoms in total. The van der Waals surface area contributed by atoms with Gasteiger partial charge < -0.3 is 9.47 Å². The van der Waals surface area contributed by atoms with Crippen molar-refractivity contribution in [2.24, 2.45) is 5.92 Å². The van der Waals surface area contributed by atoms with Crippen molar-refractivity contribution in [3.8, 4) is 0 Å². The van der Waals surface area contributed by atoms with E-state index in [-0.39, 0.29) is 5.97 Å². The van der Waals surface area contributed by atoms with Crippen LogP contribution in [0.3, 0.4) is 0 Å². The normalized spacial score (nSPS) is 12.5. The molecular weight excluding hydrogens is 180 g/mol. The van der Waals surface area contributed by atoms with Crippen molar-refractivity contribution in [1.82, 2.24) is 0 Å². The van der Waals surface area contributed by atoms with Crippen LogP contribution >= 0.6 is 0 Å². The predicted octanol–water partition coefficient (Wildman–Crippen LogP) is 2.39. The van der Waals surface area contributed by atoms with Crippen molar-refractivity contribution >= 4 is 5.97 Å². The molecule has 14 heavy (non-hydrogen) atoms. The van der Waals surface area contributed by atoms with Gasteiger partial charge in [-0.05, 0) is 18.8 Å². The second-order valence-electron chi connectivity index (χ2n) is 3.64. The number of ether oxygens (including phenoxy) is 2. The zero-order chi connectivity index (χ0) is 10.8. The third-order valence-corrected chi connectivity index (χ3v) is 2.14. The summed E-state index contributed by atoms with van der Waals surface area (Å²) in [4.78, 5) is 10.9. The zero-order valence-corrected chi connectivity index (χ0v) is 9.54. The number of hydrogen-bond donors (Lipinski definition) is 0. The van der Waals surface area contributed by atoms with Crippen LogP contribution in [0, 0.1) is 5.92 Å². The minimum atomic E-state index is -0.133. The molecule has 0 radical (unpaired) electrons. The van der Waals surface area contributed by atoms with E-state index >= 15 is 0 Å². The molecule has 1 atom stereocenters. The van der Waals surface area contributed by atoms with Gasteiger partial charge in [0.2, 0.25) is 0 Å². The van der Waals surface area contributed by atoms with E-state index < -0.39 is 0 Å². The molecule has 0 heterocycles. The first-order chi connectivity index (χ1) is 6.70. The molecule has 0 unspecified atom stereocenters. The third kappa shape index (κ3) is 8.05. The lowest BCUT2D eigenvalue weighted by Gasteiger charge is -2.09. The van der Waals surface area contributed by atoms with Crippen LogP contribution in [0.5, 0.6) is 0 Å². The van der Waals surface area contributed by atoms with Gasteiger partial charge in [0.25, 0.3) is 0 Å². The molecule has 0 aliphatic carbocycles. The van der Waals surface area contributed by atoms with Crippen LogP contribution in [0.15, 0.2) is 0 Å². The van der Waals surface area contributed by atoms with Gasteiger partial charge in [-0.3, -0.25) is 4.79 Å². The summed E-state index contributed by atoms with van der Waals surface area (Å²) in [5.41, 5.74) is 0. The van der Waals surface area contributed by atoms with Crippen LogP contribution < -0.4 is 0 Å². The fourth-order valence-corrected chi connectivity index (χ4v) is 1.10. The van der Waals surface area contributed by atoms with Gasteiger partial charge >= 0.3 is 5.97 Å². The summed E-state index contributed by atoms with van der Waals surface area (Å²) in [6.45, 7) is 5.77. The molecule has 0 aliphatic heterocycles. The highest BCUT2D eigenvalue weighted by atomic mass is 16.5. The third-order valence-electron chi connectivity index (χ3n) is 2.14. The van der Waals surface area contributed by atoms with Crippen LogP contribution in [0.2, 0.25) is 0 Å². The molecule has 0 aromatic heterocycles. The molecule has 0 aromatic carbocycles. The van der Waals surface area contributed by atoms with Gasteiger partial charge in [0.05, 0.1) is 7.11 Å². The maximum Gasteiger partial charge on any atom is 0.305 e. The molecule has 0 amide bonds. The zero-order valence-electron chi connectivity index (χ0n) is 9.54. The molecule has 0 aromatic rings. The summed E-state index contributed by atoms with van der Waals surface area (Å²) in [5.74, 6) is 0.218. The Morgan fingerprint density at radius 3 is 2.64 bits per heavy atom. The quantitative estimate of drug-likeness (QED) is 0.448. The van der Waals surface area contributed by atoms with E-state index in [1.807, 2.05) is 6.92 Å². The van der Waals surface area contributed by atoms with Gasteiger partial charge in [-0.2, -0.15) is 0 Å². The standard InChI is InChI=1S/C11H22O3/c1-4-5-7-14-8-6-10(2)9-11(12)13-3/h10H,4-9H2,1-3H3/t10-/m0/s1. The van der Waals surface area contributed by atoms with Gasteiger partial charge in [0.15, 0.2) is 0 Å². The summed E-state index contributed by atoms with van der Waals surface area (Å²) in [6, 6.07) is 0. The van der Waals surface area contributed by atoms with Crippen molar-refractivity contribution in [3.63, 3.8) is 0 Å². The molecule has 84 valence electrons. The van der Waals surface area contributed by atoms with E-state index in [0.717, 1.165) is 32.5 Å². The highest BCUT2D eigenvalue weighted by Crippen LogP contribution is 2.08. The maximum absolute atomic E-state index is 10.9. The first-order valence-electron chi connectivity index (χ1n) is 5.35. The molecular formula is C11H22O3. The number of carbonyl (C=O) groups excluding carboxylic acids is 1. The molecule has 0 saturated carbocycles. The van der Waals surface area contributed by atoms with Gasteiger partial charge in [-0.1, -0.05) is 20.3 Å². The van der Waals surface area contributed by atoms with Crippen LogP contribution in [0.25, 0.3) is 0 Å². The van der Waals surface area contributed by atoms with Crippen molar-refractivity contribution in [2.75, 3.05) is 20.3 Å². The second kappa shape index (κ2) is 9.00. The lowest BCUT2D eigenvalue weighted by molar-refractivity contribution is -0.141. The number of unbranched alkanes of at least 4 members (excludes halogenated alkanes) is 1. The van der Waals surface area contributed by atoms with Crippen LogP contribution in [-0.2, 0) is 14.3 Å². The van der Waals surface area contributed by atoms with Crippen molar-refractivity contribution in [3.05, 3.63) is 0 Å². The van der Waals surface area contributed by atoms with Crippen LogP contribution in [0.1, 0.15) is 39.5 Å². The molecule has 0 N–H and O–H groups in total. The molecule has 0 aliphatic rings. The minimum absolute atomic E-state index is 0.133. The highest BCUT2D eigenvalue weighted by Gasteiger charge is 2.08. The molecule has 3 heteroatoms. The van der Waals surface area contributed by atoms with Crippen molar-refractivity contribution in [2.45, 2.75) is 39.5 Å². The highest BCUT2D eigenvalue weighted by molar-refractivity contribution is 5.69. The Morgan fingerprint density at radius 1 is 1.36 bits per heavy atom. The SMILES string of the molecule is CCCCOCC[C@H](C)CC(=O)OC. The molecule has 0 saturated heterocycles. The van der Waals surface area contributed by atoms with E-state index in [2.05, 4.69) is 11.7 Å². The number of carbonyl (C=O) groups is 1. The Bertz CT molecular complexity index is 145. The van der Waals surface area contributed by atoms with E-state index in [1.54, 1.807) is 0 Å². The fourth-order valence-electron chi connectivity index (χ4n) is 1.10. The lowest BCUT2D eigenvalue weighted by atomic mass is 10.1. The van der Waals surface area contributed by atoms with Crippen molar-refractivity contribution < 1.29 is 14.3 Å². The van der Waals surface area contributed by atoms with Gasteiger partial charge in [-0.25, -0.2) is 0 Å². The van der Waals surface area contributed by atoms with Crippen molar-refractivity contribution in [1.29, 1.82) is 0 Å². The summed E-state index contributed by atoms with van der Waals surface area (Å²) in [5, 5.41) is 0. The van der Waals surface area contributed by atoms with Crippen LogP contribution in [-0.4, -0.2) is 26.3 Å². The molecule has 0 spiro atoms. The van der Waals surface area contributed by atoms with E-state index in [4.69, 9.17) is 4.74 Å². The topological polar surface area (TPSA) is 35.5 Å². The maximum atomic E-state index is 10.9. The van der Waals surface area contributed by atoms with Gasteiger partial charge in [0, 0.05) is 19.6 Å². The lowest BCUT2D eigenvalue weighted by Crippen LogP contribution is -2.09. The van der Waals surface area contributed by atoms with Gasteiger partial charge in [0.1, 0.15) is 0 Å². The number of methoxy groups -OCH3 is 1. The van der Waals surface area contributed by atoms with Crippen LogP contribution in [0.4, 0.5) is 0 Å². The molecule has 0 fully saturated rings. The Morgan fingerprint density at radius 2 is 2.07 bits per heavy atom. The Kier molecular flexibility index (Phi) is 8.64. The smallest absolute Gasteiger partial charge is 0.305 e. The average molecular weight is 202 g/mol.